The first-order chi connectivity index (χ1) is 8.35. The van der Waals surface area contributed by atoms with E-state index in [2.05, 4.69) is 5.32 Å². The number of nitrogens with one attached hydrogen (secondary N) is 1. The molecule has 2 rings (SSSR count). The molecule has 0 aromatic heterocycles. The molecule has 3 nitrogen and oxygen atoms in total. The predicted octanol–water partition coefficient (Wildman–Crippen LogP) is 2.93. The third-order valence-corrected chi connectivity index (χ3v) is 2.54. The highest BCUT2D eigenvalue weighted by Gasteiger charge is 2.03. The number of rotatable bonds is 4. The fraction of sp³-hybridized carbons (Fsp3) is 0.0714. The third kappa shape index (κ3) is 2.45. The Morgan fingerprint density at radius 1 is 1.06 bits per heavy atom. The van der Waals surface area contributed by atoms with E-state index in [4.69, 9.17) is 4.74 Å². The molecule has 0 spiro atoms. The monoisotopic (exact) mass is 227 g/mol. The molecule has 3 heteroatoms. The van der Waals surface area contributed by atoms with Gasteiger partial charge in [0.15, 0.2) is 0 Å². The average Bonchev–Trinajstić information content (AvgIpc) is 2.40. The van der Waals surface area contributed by atoms with Gasteiger partial charge in [0.2, 0.25) is 6.41 Å². The summed E-state index contributed by atoms with van der Waals surface area (Å²) >= 11 is 0. The molecule has 2 aromatic rings. The molecule has 0 fully saturated rings. The Hall–Kier alpha value is -2.29. The van der Waals surface area contributed by atoms with Crippen LogP contribution in [0, 0.1) is 0 Å². The van der Waals surface area contributed by atoms with Crippen molar-refractivity contribution in [2.75, 3.05) is 12.4 Å². The molecule has 0 bridgehead atoms. The molecule has 2 aromatic carbocycles. The number of ether oxygens (including phenoxy) is 1. The van der Waals surface area contributed by atoms with Crippen LogP contribution in [-0.2, 0) is 4.79 Å². The lowest BCUT2D eigenvalue weighted by Crippen LogP contribution is -1.95. The van der Waals surface area contributed by atoms with Crippen molar-refractivity contribution in [1.82, 2.24) is 0 Å². The van der Waals surface area contributed by atoms with Crippen molar-refractivity contribution in [2.24, 2.45) is 0 Å². The molecule has 0 unspecified atom stereocenters. The zero-order valence-corrected chi connectivity index (χ0v) is 9.51. The van der Waals surface area contributed by atoms with Gasteiger partial charge in [0.25, 0.3) is 0 Å². The van der Waals surface area contributed by atoms with Crippen molar-refractivity contribution >= 4 is 12.1 Å². The summed E-state index contributed by atoms with van der Waals surface area (Å²) in [6.45, 7) is 0. The normalized spacial score (nSPS) is 9.71. The summed E-state index contributed by atoms with van der Waals surface area (Å²) in [6.07, 6.45) is 0.683. The molecule has 0 aliphatic carbocycles. The topological polar surface area (TPSA) is 38.3 Å². The summed E-state index contributed by atoms with van der Waals surface area (Å²) in [5.74, 6) is 0.814. The summed E-state index contributed by atoms with van der Waals surface area (Å²) in [7, 11) is 1.64. The summed E-state index contributed by atoms with van der Waals surface area (Å²) in [4.78, 5) is 10.5. The molecule has 1 N–H and O–H groups in total. The Kier molecular flexibility index (Phi) is 3.40. The van der Waals surface area contributed by atoms with Crippen LogP contribution in [0.25, 0.3) is 11.1 Å². The first-order valence-electron chi connectivity index (χ1n) is 5.29. The van der Waals surface area contributed by atoms with Gasteiger partial charge in [-0.2, -0.15) is 0 Å². The number of para-hydroxylation sites is 1. The van der Waals surface area contributed by atoms with Gasteiger partial charge in [0.05, 0.1) is 7.11 Å². The molecule has 0 atom stereocenters. The predicted molar refractivity (Wildman–Crippen MR) is 68.1 cm³/mol. The van der Waals surface area contributed by atoms with Gasteiger partial charge in [-0.05, 0) is 23.8 Å². The lowest BCUT2D eigenvalue weighted by Gasteiger charge is -2.08. The van der Waals surface area contributed by atoms with E-state index >= 15 is 0 Å². The second-order valence-corrected chi connectivity index (χ2v) is 3.54. The van der Waals surface area contributed by atoms with E-state index in [1.54, 1.807) is 7.11 Å². The van der Waals surface area contributed by atoms with Crippen LogP contribution in [0.15, 0.2) is 48.5 Å². The lowest BCUT2D eigenvalue weighted by atomic mass is 10.0. The van der Waals surface area contributed by atoms with Crippen LogP contribution in [-0.4, -0.2) is 13.5 Å². The number of hydrogen-bond donors (Lipinski definition) is 1. The van der Waals surface area contributed by atoms with Gasteiger partial charge in [-0.15, -0.1) is 0 Å². The van der Waals surface area contributed by atoms with E-state index < -0.39 is 0 Å². The minimum atomic E-state index is 0.683. The van der Waals surface area contributed by atoms with Gasteiger partial charge in [-0.3, -0.25) is 4.79 Å². The molecule has 1 amide bonds. The van der Waals surface area contributed by atoms with Gasteiger partial charge >= 0.3 is 0 Å². The van der Waals surface area contributed by atoms with Crippen LogP contribution in [0.2, 0.25) is 0 Å². The highest BCUT2D eigenvalue weighted by atomic mass is 16.5. The highest BCUT2D eigenvalue weighted by Crippen LogP contribution is 2.28. The third-order valence-electron chi connectivity index (χ3n) is 2.54. The van der Waals surface area contributed by atoms with Crippen LogP contribution in [0.5, 0.6) is 5.75 Å². The van der Waals surface area contributed by atoms with Gasteiger partial charge in [0, 0.05) is 11.3 Å². The average molecular weight is 227 g/mol. The van der Waals surface area contributed by atoms with Gasteiger partial charge in [-0.25, -0.2) is 0 Å². The Labute approximate surface area is 100 Å². The first kappa shape index (κ1) is 11.2. The smallest absolute Gasteiger partial charge is 0.211 e. The number of methoxy groups -OCH3 is 1. The minimum Gasteiger partial charge on any atom is -0.497 e. The standard InChI is InChI=1S/C14H13NO2/c1-17-12-8-6-11(7-9-12)13-4-2-3-5-14(13)15-10-16/h2-10H,1H3,(H,15,16). The Balaban J connectivity index is 2.40. The van der Waals surface area contributed by atoms with Crippen LogP contribution in [0.3, 0.4) is 0 Å². The van der Waals surface area contributed by atoms with Crippen LogP contribution < -0.4 is 10.1 Å². The number of hydrogen-bond acceptors (Lipinski definition) is 2. The first-order valence-corrected chi connectivity index (χ1v) is 5.29. The van der Waals surface area contributed by atoms with Crippen molar-refractivity contribution in [3.05, 3.63) is 48.5 Å². The highest BCUT2D eigenvalue weighted by molar-refractivity contribution is 5.85. The maximum Gasteiger partial charge on any atom is 0.211 e. The van der Waals surface area contributed by atoms with E-state index in [9.17, 15) is 4.79 Å². The summed E-state index contributed by atoms with van der Waals surface area (Å²) in [6, 6.07) is 15.4. The molecule has 0 radical (unpaired) electrons. The number of carbonyl (C=O) groups is 1. The zero-order chi connectivity index (χ0) is 12.1. The second kappa shape index (κ2) is 5.16. The van der Waals surface area contributed by atoms with Crippen molar-refractivity contribution in [3.63, 3.8) is 0 Å². The maximum absolute atomic E-state index is 10.5. The molecular weight excluding hydrogens is 214 g/mol. The van der Waals surface area contributed by atoms with Gasteiger partial charge < -0.3 is 10.1 Å². The zero-order valence-electron chi connectivity index (χ0n) is 9.51. The molecular formula is C14H13NO2. The molecule has 0 heterocycles. The summed E-state index contributed by atoms with van der Waals surface area (Å²) in [5.41, 5.74) is 2.82. The summed E-state index contributed by atoms with van der Waals surface area (Å²) < 4.78 is 5.11. The van der Waals surface area contributed by atoms with Gasteiger partial charge in [-0.1, -0.05) is 30.3 Å². The Morgan fingerprint density at radius 2 is 1.76 bits per heavy atom. The van der Waals surface area contributed by atoms with Crippen molar-refractivity contribution < 1.29 is 9.53 Å². The molecule has 0 saturated heterocycles. The van der Waals surface area contributed by atoms with Crippen molar-refractivity contribution in [3.8, 4) is 16.9 Å². The van der Waals surface area contributed by atoms with Gasteiger partial charge in [0.1, 0.15) is 5.75 Å². The number of anilines is 1. The van der Waals surface area contributed by atoms with E-state index in [-0.39, 0.29) is 0 Å². The molecule has 0 saturated carbocycles. The minimum absolute atomic E-state index is 0.683. The van der Waals surface area contributed by atoms with E-state index in [1.807, 2.05) is 48.5 Å². The number of amides is 1. The SMILES string of the molecule is COc1ccc(-c2ccccc2NC=O)cc1. The van der Waals surface area contributed by atoms with Crippen molar-refractivity contribution in [1.29, 1.82) is 0 Å². The molecule has 86 valence electrons. The maximum atomic E-state index is 10.5. The van der Waals surface area contributed by atoms with E-state index in [0.29, 0.717) is 6.41 Å². The molecule has 0 aliphatic heterocycles. The van der Waals surface area contributed by atoms with E-state index in [0.717, 1.165) is 22.6 Å². The largest absolute Gasteiger partial charge is 0.497 e. The van der Waals surface area contributed by atoms with Crippen LogP contribution in [0.1, 0.15) is 0 Å². The Morgan fingerprint density at radius 3 is 2.41 bits per heavy atom. The fourth-order valence-corrected chi connectivity index (χ4v) is 1.69. The Bertz CT molecular complexity index is 506. The number of benzene rings is 2. The van der Waals surface area contributed by atoms with Crippen molar-refractivity contribution in [2.45, 2.75) is 0 Å². The molecule has 17 heavy (non-hydrogen) atoms. The second-order valence-electron chi connectivity index (χ2n) is 3.54. The lowest BCUT2D eigenvalue weighted by molar-refractivity contribution is -0.105. The molecule has 0 aliphatic rings. The van der Waals surface area contributed by atoms with E-state index in [1.165, 1.54) is 0 Å². The fourth-order valence-electron chi connectivity index (χ4n) is 1.69. The number of carbonyl (C=O) groups excluding carboxylic acids is 1. The quantitative estimate of drug-likeness (QED) is 0.815. The summed E-state index contributed by atoms with van der Waals surface area (Å²) in [5, 5.41) is 2.69. The van der Waals surface area contributed by atoms with Crippen LogP contribution >= 0.6 is 0 Å². The van der Waals surface area contributed by atoms with Crippen LogP contribution in [0.4, 0.5) is 5.69 Å².